The fourth-order valence-electron chi connectivity index (χ4n) is 1.14. The minimum absolute atomic E-state index is 0.0507. The number of hydrogen-bond donors (Lipinski definition) is 4. The third-order valence-electron chi connectivity index (χ3n) is 1.97. The van der Waals surface area contributed by atoms with Crippen LogP contribution in [0.2, 0.25) is 0 Å². The van der Waals surface area contributed by atoms with Gasteiger partial charge in [0.05, 0.1) is 19.3 Å². The van der Waals surface area contributed by atoms with Crippen LogP contribution >= 0.6 is 0 Å². The number of aliphatic hydroxyl groups is 1. The lowest BCUT2D eigenvalue weighted by molar-refractivity contribution is 0.0906. The Morgan fingerprint density at radius 3 is 2.80 bits per heavy atom. The van der Waals surface area contributed by atoms with Gasteiger partial charge in [-0.1, -0.05) is 12.1 Å². The van der Waals surface area contributed by atoms with Crippen molar-refractivity contribution < 1.29 is 15.1 Å². The third kappa shape index (κ3) is 7.12. The molecule has 0 aromatic heterocycles. The Morgan fingerprint density at radius 2 is 2.27 bits per heavy atom. The van der Waals surface area contributed by atoms with Gasteiger partial charge in [-0.2, -0.15) is 0 Å². The molecule has 0 aliphatic carbocycles. The van der Waals surface area contributed by atoms with Crippen LogP contribution in [0.4, 0.5) is 0 Å². The van der Waals surface area contributed by atoms with Crippen molar-refractivity contribution in [2.24, 2.45) is 10.9 Å². The van der Waals surface area contributed by atoms with Crippen LogP contribution in [-0.2, 0) is 4.74 Å². The normalized spacial score (nSPS) is 14.1. The molecule has 0 bridgehead atoms. The highest BCUT2D eigenvalue weighted by Crippen LogP contribution is 1.91. The van der Waals surface area contributed by atoms with Crippen LogP contribution in [0.3, 0.4) is 0 Å². The highest BCUT2D eigenvalue weighted by atomic mass is 16.5. The van der Waals surface area contributed by atoms with Gasteiger partial charge < -0.3 is 26.1 Å². The summed E-state index contributed by atoms with van der Waals surface area (Å²) in [4.78, 5) is 0. The molecule has 0 rings (SSSR count). The first-order valence-electron chi connectivity index (χ1n) is 5.15. The second kappa shape index (κ2) is 9.70. The van der Waals surface area contributed by atoms with Gasteiger partial charge in [-0.3, -0.25) is 0 Å². The molecule has 1 atom stereocenters. The van der Waals surface area contributed by atoms with Gasteiger partial charge in [0.25, 0.3) is 0 Å². The average molecular weight is 219 g/mol. The molecule has 0 aromatic rings. The molecule has 5 N–H and O–H groups in total. The maximum absolute atomic E-state index is 8.48. The predicted molar refractivity (Wildman–Crippen MR) is 58.0 cm³/mol. The van der Waals surface area contributed by atoms with Gasteiger partial charge in [-0.15, -0.1) is 0 Å². The maximum atomic E-state index is 8.48. The number of rotatable bonds is 9. The molecule has 0 saturated heterocycles. The van der Waals surface area contributed by atoms with E-state index in [9.17, 15) is 0 Å². The first-order chi connectivity index (χ1) is 7.26. The summed E-state index contributed by atoms with van der Waals surface area (Å²) in [6.45, 7) is 3.71. The van der Waals surface area contributed by atoms with E-state index in [-0.39, 0.29) is 18.5 Å². The molecule has 6 heteroatoms. The second-order valence-corrected chi connectivity index (χ2v) is 3.13. The number of hydrogen-bond acceptors (Lipinski definition) is 5. The maximum Gasteiger partial charge on any atom is 0.156 e. The molecule has 0 saturated carbocycles. The molecule has 15 heavy (non-hydrogen) atoms. The number of oxime groups is 1. The average Bonchev–Trinajstić information content (AvgIpc) is 2.27. The summed E-state index contributed by atoms with van der Waals surface area (Å²) in [6.07, 6.45) is 1.60. The van der Waals surface area contributed by atoms with Crippen molar-refractivity contribution >= 4 is 5.84 Å². The summed E-state index contributed by atoms with van der Waals surface area (Å²) in [7, 11) is 0. The Morgan fingerprint density at radius 1 is 1.53 bits per heavy atom. The summed E-state index contributed by atoms with van der Waals surface area (Å²) in [5, 5.41) is 23.0. The quantitative estimate of drug-likeness (QED) is 0.138. The molecular weight excluding hydrogens is 198 g/mol. The molecular formula is C9H21N3O3. The molecule has 0 fully saturated rings. The van der Waals surface area contributed by atoms with Crippen molar-refractivity contribution in [3.63, 3.8) is 0 Å². The number of nitrogens with zero attached hydrogens (tertiary/aromatic N) is 1. The minimum Gasteiger partial charge on any atom is -0.409 e. The van der Waals surface area contributed by atoms with Gasteiger partial charge in [0.1, 0.15) is 0 Å². The number of nitrogens with one attached hydrogen (secondary N) is 1. The van der Waals surface area contributed by atoms with Gasteiger partial charge >= 0.3 is 0 Å². The van der Waals surface area contributed by atoms with Gasteiger partial charge in [0.2, 0.25) is 0 Å². The summed E-state index contributed by atoms with van der Waals surface area (Å²) < 4.78 is 5.08. The van der Waals surface area contributed by atoms with Gasteiger partial charge in [0, 0.05) is 6.61 Å². The van der Waals surface area contributed by atoms with Crippen LogP contribution in [-0.4, -0.2) is 48.6 Å². The number of amidine groups is 1. The lowest BCUT2D eigenvalue weighted by Crippen LogP contribution is -2.41. The lowest BCUT2D eigenvalue weighted by Gasteiger charge is -2.14. The topological polar surface area (TPSA) is 100 Å². The van der Waals surface area contributed by atoms with E-state index in [1.54, 1.807) is 0 Å². The second-order valence-electron chi connectivity index (χ2n) is 3.13. The standard InChI is InChI=1S/C9H21N3O3/c1-2-8(9(10)12-14)11-4-3-6-15-7-5-13/h8,11,13-14H,2-7H2,1H3,(H2,10,12). The van der Waals surface area contributed by atoms with Crippen LogP contribution < -0.4 is 11.1 Å². The van der Waals surface area contributed by atoms with Crippen molar-refractivity contribution in [1.82, 2.24) is 5.32 Å². The van der Waals surface area contributed by atoms with E-state index >= 15 is 0 Å². The zero-order valence-electron chi connectivity index (χ0n) is 9.15. The molecule has 1 unspecified atom stereocenters. The Kier molecular flexibility index (Phi) is 9.15. The first kappa shape index (κ1) is 14.2. The van der Waals surface area contributed by atoms with Crippen molar-refractivity contribution in [3.05, 3.63) is 0 Å². The van der Waals surface area contributed by atoms with E-state index in [1.165, 1.54) is 0 Å². The van der Waals surface area contributed by atoms with Gasteiger partial charge in [-0.05, 0) is 19.4 Å². The van der Waals surface area contributed by atoms with E-state index in [0.29, 0.717) is 13.2 Å². The van der Waals surface area contributed by atoms with E-state index in [4.69, 9.17) is 20.8 Å². The van der Waals surface area contributed by atoms with E-state index in [1.807, 2.05) is 6.92 Å². The van der Waals surface area contributed by atoms with E-state index in [2.05, 4.69) is 10.5 Å². The zero-order valence-corrected chi connectivity index (χ0v) is 9.15. The summed E-state index contributed by atoms with van der Waals surface area (Å²) in [5.74, 6) is 0.203. The minimum atomic E-state index is -0.0900. The Bertz CT molecular complexity index is 176. The fourth-order valence-corrected chi connectivity index (χ4v) is 1.14. The highest BCUT2D eigenvalue weighted by molar-refractivity contribution is 5.85. The van der Waals surface area contributed by atoms with Crippen molar-refractivity contribution in [1.29, 1.82) is 0 Å². The summed E-state index contributed by atoms with van der Waals surface area (Å²) >= 11 is 0. The summed E-state index contributed by atoms with van der Waals surface area (Å²) in [5.41, 5.74) is 5.46. The summed E-state index contributed by atoms with van der Waals surface area (Å²) in [6, 6.07) is -0.0900. The Labute approximate surface area is 90.1 Å². The fraction of sp³-hybridized carbons (Fsp3) is 0.889. The van der Waals surface area contributed by atoms with Gasteiger partial charge in [-0.25, -0.2) is 0 Å². The van der Waals surface area contributed by atoms with Crippen LogP contribution in [0.25, 0.3) is 0 Å². The molecule has 0 spiro atoms. The molecule has 0 heterocycles. The molecule has 0 aliphatic rings. The van der Waals surface area contributed by atoms with Crippen LogP contribution in [0.5, 0.6) is 0 Å². The van der Waals surface area contributed by atoms with Gasteiger partial charge in [0.15, 0.2) is 5.84 Å². The molecule has 0 radical (unpaired) electrons. The third-order valence-corrected chi connectivity index (χ3v) is 1.97. The molecule has 90 valence electrons. The van der Waals surface area contributed by atoms with Crippen LogP contribution in [0.15, 0.2) is 5.16 Å². The van der Waals surface area contributed by atoms with Crippen molar-refractivity contribution in [2.75, 3.05) is 26.4 Å². The van der Waals surface area contributed by atoms with Crippen LogP contribution in [0, 0.1) is 0 Å². The molecule has 0 aliphatic heterocycles. The Balaban J connectivity index is 3.47. The predicted octanol–water partition coefficient (Wildman–Crippen LogP) is -0.500. The van der Waals surface area contributed by atoms with Crippen molar-refractivity contribution in [3.8, 4) is 0 Å². The first-order valence-corrected chi connectivity index (χ1v) is 5.15. The SMILES string of the molecule is CCC(NCCCOCCO)C(N)=NO. The largest absolute Gasteiger partial charge is 0.409 e. The van der Waals surface area contributed by atoms with Crippen molar-refractivity contribution in [2.45, 2.75) is 25.8 Å². The lowest BCUT2D eigenvalue weighted by atomic mass is 10.2. The molecule has 6 nitrogen and oxygen atoms in total. The monoisotopic (exact) mass is 219 g/mol. The van der Waals surface area contributed by atoms with E-state index in [0.717, 1.165) is 19.4 Å². The Hall–Kier alpha value is -0.850. The molecule has 0 aromatic carbocycles. The van der Waals surface area contributed by atoms with Crippen LogP contribution in [0.1, 0.15) is 19.8 Å². The molecule has 0 amide bonds. The highest BCUT2D eigenvalue weighted by Gasteiger charge is 2.09. The van der Waals surface area contributed by atoms with E-state index < -0.39 is 0 Å². The number of nitrogens with two attached hydrogens (primary N) is 1. The number of ether oxygens (including phenoxy) is 1. The smallest absolute Gasteiger partial charge is 0.156 e. The number of aliphatic hydroxyl groups excluding tert-OH is 1. The zero-order chi connectivity index (χ0) is 11.5.